The number of hydrogen-bond acceptors (Lipinski definition) is 4. The minimum absolute atomic E-state index is 0.0805. The summed E-state index contributed by atoms with van der Waals surface area (Å²) in [6, 6.07) is 0.184. The summed E-state index contributed by atoms with van der Waals surface area (Å²) < 4.78 is 7.32. The average molecular weight is 428 g/mol. The van der Waals surface area contributed by atoms with Gasteiger partial charge in [0.25, 0.3) is 0 Å². The van der Waals surface area contributed by atoms with Crippen molar-refractivity contribution < 1.29 is 9.22 Å². The van der Waals surface area contributed by atoms with E-state index < -0.39 is 8.32 Å². The summed E-state index contributed by atoms with van der Waals surface area (Å²) in [6.45, 7) is 19.5. The predicted molar refractivity (Wildman–Crippen MR) is 126 cm³/mol. The van der Waals surface area contributed by atoms with Gasteiger partial charge in [-0.05, 0) is 37.9 Å². The van der Waals surface area contributed by atoms with Crippen LogP contribution in [0.1, 0.15) is 54.9 Å². The molecule has 0 unspecified atom stereocenters. The second kappa shape index (κ2) is 9.86. The smallest absolute Gasteiger partial charge is 0.231 e. The molecule has 0 aromatic rings. The van der Waals surface area contributed by atoms with Crippen molar-refractivity contribution in [3.63, 3.8) is 0 Å². The van der Waals surface area contributed by atoms with E-state index in [1.165, 1.54) is 0 Å². The number of carbonyl (C=O) groups excluding carboxylic acids is 1. The van der Waals surface area contributed by atoms with Crippen LogP contribution in [-0.4, -0.2) is 41.3 Å². The van der Waals surface area contributed by atoms with Gasteiger partial charge in [-0.3, -0.25) is 9.69 Å². The zero-order chi connectivity index (χ0) is 21.0. The van der Waals surface area contributed by atoms with Gasteiger partial charge in [0, 0.05) is 11.8 Å². The zero-order valence-electron chi connectivity index (χ0n) is 18.5. The van der Waals surface area contributed by atoms with Crippen molar-refractivity contribution in [3.8, 4) is 0 Å². The highest BCUT2D eigenvalue weighted by atomic mass is 32.2. The zero-order valence-corrected chi connectivity index (χ0v) is 21.1. The van der Waals surface area contributed by atoms with Crippen LogP contribution in [-0.2, 0) is 9.22 Å². The van der Waals surface area contributed by atoms with E-state index in [9.17, 15) is 4.79 Å². The molecule has 1 aliphatic rings. The van der Waals surface area contributed by atoms with Crippen molar-refractivity contribution in [2.24, 2.45) is 5.92 Å². The summed E-state index contributed by atoms with van der Waals surface area (Å²) in [6.07, 6.45) is 6.27. The lowest BCUT2D eigenvalue weighted by Gasteiger charge is -2.39. The minimum atomic E-state index is -2.00. The van der Waals surface area contributed by atoms with Crippen molar-refractivity contribution in [2.45, 2.75) is 85.2 Å². The molecule has 1 heterocycles. The number of hydrogen-bond donors (Lipinski definition) is 0. The number of rotatable bonds is 7. The molecule has 1 aliphatic heterocycles. The predicted octanol–water partition coefficient (Wildman–Crippen LogP) is 6.17. The lowest BCUT2D eigenvalue weighted by molar-refractivity contribution is -0.130. The van der Waals surface area contributed by atoms with Crippen LogP contribution < -0.4 is 0 Å². The molecule has 1 saturated heterocycles. The van der Waals surface area contributed by atoms with Crippen LogP contribution in [0.4, 0.5) is 0 Å². The molecule has 1 fully saturated rings. The third kappa shape index (κ3) is 6.84. The fraction of sp³-hybridized carbons (Fsp3) is 0.714. The van der Waals surface area contributed by atoms with Crippen molar-refractivity contribution in [1.29, 1.82) is 0 Å². The van der Waals surface area contributed by atoms with Crippen molar-refractivity contribution in [2.75, 3.05) is 5.75 Å². The second-order valence-corrected chi connectivity index (χ2v) is 15.6. The van der Waals surface area contributed by atoms with Crippen molar-refractivity contribution in [1.82, 2.24) is 4.90 Å². The standard InChI is InChI=1S/C21H37NO2S2Si/c1-10-11-16(4)12-17(24-27(8,9)21(5,6)7)13-19(23)22-18(15(2)3)14-26-20(22)25/h10-12,15,17-18H,13-14H2,1-9H3/b11-10-,16-12+/t17-,18+/m1/s1. The number of thiocarbonyl (C=S) groups is 1. The molecule has 1 rings (SSSR count). The summed E-state index contributed by atoms with van der Waals surface area (Å²) in [5.41, 5.74) is 1.12. The van der Waals surface area contributed by atoms with E-state index >= 15 is 0 Å². The van der Waals surface area contributed by atoms with Gasteiger partial charge < -0.3 is 4.43 Å². The summed E-state index contributed by atoms with van der Waals surface area (Å²) in [5.74, 6) is 1.36. The maximum atomic E-state index is 13.2. The van der Waals surface area contributed by atoms with Gasteiger partial charge in [-0.15, -0.1) is 0 Å². The van der Waals surface area contributed by atoms with E-state index in [0.29, 0.717) is 16.7 Å². The van der Waals surface area contributed by atoms with Crippen LogP contribution in [0, 0.1) is 5.92 Å². The largest absolute Gasteiger partial charge is 0.410 e. The summed E-state index contributed by atoms with van der Waals surface area (Å²) >= 11 is 7.09. The fourth-order valence-corrected chi connectivity index (χ4v) is 5.71. The number of allylic oxidation sites excluding steroid dienone is 3. The average Bonchev–Trinajstić information content (AvgIpc) is 2.87. The van der Waals surface area contributed by atoms with Crippen molar-refractivity contribution >= 4 is 42.5 Å². The number of nitrogens with zero attached hydrogens (tertiary/aromatic N) is 1. The normalized spacial score (nSPS) is 20.8. The number of amides is 1. The molecular weight excluding hydrogens is 390 g/mol. The Balaban J connectivity index is 3.08. The molecule has 27 heavy (non-hydrogen) atoms. The topological polar surface area (TPSA) is 29.5 Å². The van der Waals surface area contributed by atoms with E-state index in [4.69, 9.17) is 16.6 Å². The van der Waals surface area contributed by atoms with Crippen LogP contribution in [0.2, 0.25) is 18.1 Å². The second-order valence-electron chi connectivity index (χ2n) is 9.18. The SMILES string of the molecule is C/C=C\C(C)=C\[C@H](CC(=O)N1C(=S)SC[C@H]1C(C)C)O[Si](C)(C)C(C)(C)C. The molecule has 6 heteroatoms. The van der Waals surface area contributed by atoms with Gasteiger partial charge in [0.1, 0.15) is 4.32 Å². The van der Waals surface area contributed by atoms with Gasteiger partial charge in [-0.25, -0.2) is 0 Å². The van der Waals surface area contributed by atoms with Gasteiger partial charge in [0.05, 0.1) is 12.5 Å². The third-order valence-electron chi connectivity index (χ3n) is 5.45. The summed E-state index contributed by atoms with van der Waals surface area (Å²) in [5, 5.41) is 0.0932. The maximum absolute atomic E-state index is 13.2. The Kier molecular flexibility index (Phi) is 8.98. The first-order valence-corrected chi connectivity index (χ1v) is 14.1. The summed E-state index contributed by atoms with van der Waals surface area (Å²) in [4.78, 5) is 15.0. The van der Waals surface area contributed by atoms with E-state index in [1.54, 1.807) is 11.8 Å². The molecule has 0 aromatic carbocycles. The Morgan fingerprint density at radius 3 is 2.48 bits per heavy atom. The molecule has 3 nitrogen and oxygen atoms in total. The van der Waals surface area contributed by atoms with Gasteiger partial charge in [0.15, 0.2) is 8.32 Å². The van der Waals surface area contributed by atoms with Gasteiger partial charge in [0.2, 0.25) is 5.91 Å². The highest BCUT2D eigenvalue weighted by molar-refractivity contribution is 8.23. The van der Waals surface area contributed by atoms with E-state index in [0.717, 1.165) is 11.3 Å². The first-order valence-electron chi connectivity index (χ1n) is 9.78. The molecule has 0 aromatic heterocycles. The molecular formula is C21H37NO2S2Si. The molecule has 0 aliphatic carbocycles. The Morgan fingerprint density at radius 1 is 1.41 bits per heavy atom. The molecule has 0 saturated carbocycles. The van der Waals surface area contributed by atoms with Gasteiger partial charge >= 0.3 is 0 Å². The maximum Gasteiger partial charge on any atom is 0.231 e. The van der Waals surface area contributed by atoms with E-state index in [-0.39, 0.29) is 23.1 Å². The minimum Gasteiger partial charge on any atom is -0.410 e. The Labute approximate surface area is 177 Å². The van der Waals surface area contributed by atoms with Crippen molar-refractivity contribution in [3.05, 3.63) is 23.8 Å². The molecule has 0 spiro atoms. The van der Waals surface area contributed by atoms with Gasteiger partial charge in [-0.1, -0.05) is 82.4 Å². The molecule has 0 radical (unpaired) electrons. The monoisotopic (exact) mass is 427 g/mol. The number of thioether (sulfide) groups is 1. The molecule has 154 valence electrons. The highest BCUT2D eigenvalue weighted by Gasteiger charge is 2.41. The van der Waals surface area contributed by atoms with Crippen LogP contribution in [0.5, 0.6) is 0 Å². The van der Waals surface area contributed by atoms with E-state index in [1.807, 2.05) is 17.9 Å². The quantitative estimate of drug-likeness (QED) is 0.276. The highest BCUT2D eigenvalue weighted by Crippen LogP contribution is 2.38. The third-order valence-corrected chi connectivity index (χ3v) is 11.5. The first-order chi connectivity index (χ1) is 12.3. The van der Waals surface area contributed by atoms with Crippen LogP contribution in [0.15, 0.2) is 23.8 Å². The lowest BCUT2D eigenvalue weighted by atomic mass is 10.0. The molecule has 0 bridgehead atoms. The Morgan fingerprint density at radius 2 is 2.00 bits per heavy atom. The van der Waals surface area contributed by atoms with E-state index in [2.05, 4.69) is 66.8 Å². The first kappa shape index (κ1) is 24.6. The summed E-state index contributed by atoms with van der Waals surface area (Å²) in [7, 11) is -2.00. The van der Waals surface area contributed by atoms with Crippen LogP contribution in [0.3, 0.4) is 0 Å². The Hall–Kier alpha value is -0.433. The van der Waals surface area contributed by atoms with Crippen LogP contribution in [0.25, 0.3) is 0 Å². The number of carbonyl (C=O) groups is 1. The fourth-order valence-electron chi connectivity index (χ4n) is 2.79. The lowest BCUT2D eigenvalue weighted by Crippen LogP contribution is -2.46. The molecule has 0 N–H and O–H groups in total. The Bertz CT molecular complexity index is 606. The molecule has 2 atom stereocenters. The van der Waals surface area contributed by atoms with Crippen LogP contribution >= 0.6 is 24.0 Å². The van der Waals surface area contributed by atoms with Gasteiger partial charge in [-0.2, -0.15) is 0 Å². The molecule has 1 amide bonds.